The Morgan fingerprint density at radius 2 is 1.87 bits per heavy atom. The number of nitrogens with zero attached hydrogens (tertiary/aromatic N) is 1. The molecular weight excluding hydrogens is 308 g/mol. The molecule has 1 aromatic carbocycles. The Morgan fingerprint density at radius 1 is 1.22 bits per heavy atom. The first-order valence-electron chi connectivity index (χ1n) is 8.27. The highest BCUT2D eigenvalue weighted by molar-refractivity contribution is 6.30. The predicted octanol–water partition coefficient (Wildman–Crippen LogP) is 5.17. The Bertz CT molecular complexity index is 697. The summed E-state index contributed by atoms with van der Waals surface area (Å²) in [6, 6.07) is 10.0. The molecule has 1 heterocycles. The van der Waals surface area contributed by atoms with E-state index in [1.807, 2.05) is 30.3 Å². The molecule has 1 N–H and O–H groups in total. The maximum Gasteiger partial charge on any atom is 0.183 e. The number of carbonyl (C=O) groups excluding carboxylic acids is 1. The van der Waals surface area contributed by atoms with E-state index in [9.17, 15) is 4.79 Å². The Labute approximate surface area is 142 Å². The third-order valence-electron chi connectivity index (χ3n) is 4.77. The van der Waals surface area contributed by atoms with Crippen LogP contribution in [-0.2, 0) is 0 Å². The summed E-state index contributed by atoms with van der Waals surface area (Å²) >= 11 is 5.88. The topological polar surface area (TPSA) is 34.0 Å². The van der Waals surface area contributed by atoms with E-state index in [1.54, 1.807) is 0 Å². The lowest BCUT2D eigenvalue weighted by Gasteiger charge is -2.17. The minimum absolute atomic E-state index is 0.136. The summed E-state index contributed by atoms with van der Waals surface area (Å²) < 4.78 is 2.36. The first kappa shape index (κ1) is 16.1. The number of aryl methyl sites for hydroxylation is 1. The number of Topliss-reactive ketones (excluding diaryl/α,β-unsaturated/α-hetero) is 1. The Hall–Kier alpha value is -1.74. The van der Waals surface area contributed by atoms with Gasteiger partial charge in [0.2, 0.25) is 0 Å². The average molecular weight is 331 g/mol. The molecule has 1 aromatic heterocycles. The van der Waals surface area contributed by atoms with Gasteiger partial charge < -0.3 is 9.88 Å². The van der Waals surface area contributed by atoms with Crippen molar-refractivity contribution >= 4 is 23.1 Å². The van der Waals surface area contributed by atoms with Crippen molar-refractivity contribution < 1.29 is 4.79 Å². The monoisotopic (exact) mass is 330 g/mol. The molecule has 0 bridgehead atoms. The first-order chi connectivity index (χ1) is 11.1. The van der Waals surface area contributed by atoms with E-state index in [-0.39, 0.29) is 5.78 Å². The predicted molar refractivity (Wildman–Crippen MR) is 95.7 cm³/mol. The maximum atomic E-state index is 12.6. The summed E-state index contributed by atoms with van der Waals surface area (Å²) in [6.45, 7) is 4.48. The summed E-state index contributed by atoms with van der Waals surface area (Å²) in [7, 11) is 0. The number of hydrogen-bond acceptors (Lipinski definition) is 2. The highest BCUT2D eigenvalue weighted by Crippen LogP contribution is 2.33. The van der Waals surface area contributed by atoms with Crippen LogP contribution in [0.4, 0.5) is 5.69 Å². The number of rotatable bonds is 5. The molecule has 0 unspecified atom stereocenters. The van der Waals surface area contributed by atoms with Crippen molar-refractivity contribution in [3.8, 4) is 0 Å². The average Bonchev–Trinajstić information content (AvgIpc) is 3.14. The van der Waals surface area contributed by atoms with Crippen LogP contribution in [0.5, 0.6) is 0 Å². The van der Waals surface area contributed by atoms with Gasteiger partial charge >= 0.3 is 0 Å². The number of anilines is 1. The minimum atomic E-state index is 0.136. The summed E-state index contributed by atoms with van der Waals surface area (Å²) in [5, 5.41) is 3.87. The SMILES string of the molecule is Cc1cc(C(=O)CNc2ccc(Cl)cc2)c(C)n1C1CCCC1. The van der Waals surface area contributed by atoms with Crippen LogP contribution >= 0.6 is 11.6 Å². The van der Waals surface area contributed by atoms with Crippen LogP contribution < -0.4 is 5.32 Å². The molecular formula is C19H23ClN2O. The summed E-state index contributed by atoms with van der Waals surface area (Å²) in [5.74, 6) is 0.136. The summed E-state index contributed by atoms with van der Waals surface area (Å²) in [5.41, 5.74) is 4.06. The third-order valence-corrected chi connectivity index (χ3v) is 5.02. The van der Waals surface area contributed by atoms with Crippen molar-refractivity contribution in [3.63, 3.8) is 0 Å². The number of nitrogens with one attached hydrogen (secondary N) is 1. The van der Waals surface area contributed by atoms with E-state index in [4.69, 9.17) is 11.6 Å². The number of carbonyl (C=O) groups is 1. The smallest absolute Gasteiger partial charge is 0.183 e. The van der Waals surface area contributed by atoms with Gasteiger partial charge in [-0.25, -0.2) is 0 Å². The van der Waals surface area contributed by atoms with Crippen LogP contribution in [-0.4, -0.2) is 16.9 Å². The third kappa shape index (κ3) is 3.45. The van der Waals surface area contributed by atoms with E-state index in [2.05, 4.69) is 23.7 Å². The number of ketones is 1. The molecule has 0 amide bonds. The van der Waals surface area contributed by atoms with Crippen molar-refractivity contribution in [2.45, 2.75) is 45.6 Å². The quantitative estimate of drug-likeness (QED) is 0.767. The van der Waals surface area contributed by atoms with Gasteiger partial charge in [0.05, 0.1) is 6.54 Å². The van der Waals surface area contributed by atoms with Crippen molar-refractivity contribution in [3.05, 3.63) is 52.3 Å². The molecule has 1 aliphatic rings. The van der Waals surface area contributed by atoms with Crippen LogP contribution in [0.15, 0.2) is 30.3 Å². The molecule has 0 aliphatic heterocycles. The van der Waals surface area contributed by atoms with Crippen molar-refractivity contribution in [2.75, 3.05) is 11.9 Å². The van der Waals surface area contributed by atoms with Crippen LogP contribution in [0.25, 0.3) is 0 Å². The van der Waals surface area contributed by atoms with Gasteiger partial charge in [-0.3, -0.25) is 4.79 Å². The van der Waals surface area contributed by atoms with Gasteiger partial charge in [0, 0.05) is 33.7 Å². The molecule has 0 spiro atoms. The lowest BCUT2D eigenvalue weighted by atomic mass is 10.1. The van der Waals surface area contributed by atoms with Crippen LogP contribution in [0.1, 0.15) is 53.5 Å². The van der Waals surface area contributed by atoms with Crippen LogP contribution in [0.3, 0.4) is 0 Å². The highest BCUT2D eigenvalue weighted by atomic mass is 35.5. The molecule has 1 saturated carbocycles. The molecule has 2 aromatic rings. The lowest BCUT2D eigenvalue weighted by Crippen LogP contribution is -2.15. The number of halogens is 1. The first-order valence-corrected chi connectivity index (χ1v) is 8.65. The van der Waals surface area contributed by atoms with E-state index in [0.717, 1.165) is 16.9 Å². The van der Waals surface area contributed by atoms with Crippen molar-refractivity contribution in [1.29, 1.82) is 0 Å². The van der Waals surface area contributed by atoms with Crippen molar-refractivity contribution in [1.82, 2.24) is 4.57 Å². The summed E-state index contributed by atoms with van der Waals surface area (Å²) in [6.07, 6.45) is 5.05. The molecule has 4 heteroatoms. The fourth-order valence-electron chi connectivity index (χ4n) is 3.63. The van der Waals surface area contributed by atoms with Gasteiger partial charge in [-0.2, -0.15) is 0 Å². The maximum absolute atomic E-state index is 12.6. The zero-order valence-electron chi connectivity index (χ0n) is 13.7. The zero-order chi connectivity index (χ0) is 16.4. The van der Waals surface area contributed by atoms with Gasteiger partial charge in [0.15, 0.2) is 5.78 Å². The molecule has 0 radical (unpaired) electrons. The number of hydrogen-bond donors (Lipinski definition) is 1. The van der Waals surface area contributed by atoms with Gasteiger partial charge in [-0.15, -0.1) is 0 Å². The van der Waals surface area contributed by atoms with E-state index < -0.39 is 0 Å². The van der Waals surface area contributed by atoms with Gasteiger partial charge in [0.25, 0.3) is 0 Å². The second kappa shape index (κ2) is 6.79. The van der Waals surface area contributed by atoms with E-state index >= 15 is 0 Å². The Morgan fingerprint density at radius 3 is 2.52 bits per heavy atom. The Kier molecular flexibility index (Phi) is 4.76. The molecule has 23 heavy (non-hydrogen) atoms. The van der Waals surface area contributed by atoms with Gasteiger partial charge in [0.1, 0.15) is 0 Å². The van der Waals surface area contributed by atoms with E-state index in [1.165, 1.54) is 31.4 Å². The standard InChI is InChI=1S/C19H23ClN2O/c1-13-11-18(14(2)22(13)17-5-3-4-6-17)19(23)12-21-16-9-7-15(20)8-10-16/h7-11,17,21H,3-6,12H2,1-2H3. The highest BCUT2D eigenvalue weighted by Gasteiger charge is 2.23. The molecule has 1 fully saturated rings. The van der Waals surface area contributed by atoms with Gasteiger partial charge in [-0.05, 0) is 57.0 Å². The van der Waals surface area contributed by atoms with E-state index in [0.29, 0.717) is 17.6 Å². The lowest BCUT2D eigenvalue weighted by molar-refractivity contribution is 0.101. The van der Waals surface area contributed by atoms with Crippen LogP contribution in [0.2, 0.25) is 5.02 Å². The minimum Gasteiger partial charge on any atom is -0.378 e. The summed E-state index contributed by atoms with van der Waals surface area (Å²) in [4.78, 5) is 12.6. The number of benzene rings is 1. The molecule has 0 saturated heterocycles. The molecule has 1 aliphatic carbocycles. The molecule has 3 rings (SSSR count). The van der Waals surface area contributed by atoms with Crippen LogP contribution in [0, 0.1) is 13.8 Å². The normalized spacial score (nSPS) is 15.1. The zero-order valence-corrected chi connectivity index (χ0v) is 14.5. The molecule has 3 nitrogen and oxygen atoms in total. The Balaban J connectivity index is 1.72. The second-order valence-corrected chi connectivity index (χ2v) is 6.81. The number of aromatic nitrogens is 1. The molecule has 0 atom stereocenters. The fraction of sp³-hybridized carbons (Fsp3) is 0.421. The second-order valence-electron chi connectivity index (χ2n) is 6.38. The fourth-order valence-corrected chi connectivity index (χ4v) is 3.76. The van der Waals surface area contributed by atoms with Crippen molar-refractivity contribution in [2.24, 2.45) is 0 Å². The molecule has 122 valence electrons. The largest absolute Gasteiger partial charge is 0.378 e. The van der Waals surface area contributed by atoms with Gasteiger partial charge in [-0.1, -0.05) is 24.4 Å².